The van der Waals surface area contributed by atoms with Crippen LogP contribution in [-0.4, -0.2) is 25.5 Å². The van der Waals surface area contributed by atoms with Gasteiger partial charge in [0, 0.05) is 24.6 Å². The molecule has 3 rings (SSSR count). The first-order valence-corrected chi connectivity index (χ1v) is 8.15. The Labute approximate surface area is 142 Å². The standard InChI is InChI=1S/C21H21NO2/c1-24-20-9-5-6-16(13-20)10-11-17-12-19(22-15-17)14-21(23)18-7-3-2-4-8-18/h2-10,13,19,22H,12,14-15H2,1H3. The van der Waals surface area contributed by atoms with Crippen molar-refractivity contribution in [3.8, 4) is 5.75 Å². The maximum Gasteiger partial charge on any atom is 0.164 e. The molecule has 0 aromatic heterocycles. The highest BCUT2D eigenvalue weighted by molar-refractivity contribution is 5.96. The van der Waals surface area contributed by atoms with E-state index in [-0.39, 0.29) is 11.8 Å². The molecule has 1 unspecified atom stereocenters. The first-order chi connectivity index (χ1) is 11.7. The van der Waals surface area contributed by atoms with Gasteiger partial charge in [-0.3, -0.25) is 4.79 Å². The molecule has 0 radical (unpaired) electrons. The molecule has 24 heavy (non-hydrogen) atoms. The van der Waals surface area contributed by atoms with E-state index in [4.69, 9.17) is 4.74 Å². The minimum absolute atomic E-state index is 0.186. The van der Waals surface area contributed by atoms with Crippen molar-refractivity contribution in [3.05, 3.63) is 77.0 Å². The van der Waals surface area contributed by atoms with Gasteiger partial charge in [-0.25, -0.2) is 0 Å². The highest BCUT2D eigenvalue weighted by atomic mass is 16.5. The van der Waals surface area contributed by atoms with Crippen molar-refractivity contribution in [2.24, 2.45) is 0 Å². The molecule has 122 valence electrons. The maximum atomic E-state index is 12.3. The SMILES string of the molecule is COc1cccc(C=C=C2CNC(CC(=O)c3ccccc3)C2)c1. The van der Waals surface area contributed by atoms with Gasteiger partial charge in [0.2, 0.25) is 0 Å². The number of ether oxygens (including phenoxy) is 1. The zero-order valence-corrected chi connectivity index (χ0v) is 13.8. The van der Waals surface area contributed by atoms with Crippen molar-refractivity contribution >= 4 is 11.9 Å². The van der Waals surface area contributed by atoms with Crippen LogP contribution in [0.1, 0.15) is 28.8 Å². The maximum absolute atomic E-state index is 12.3. The molecule has 3 nitrogen and oxygen atoms in total. The molecule has 0 aliphatic carbocycles. The summed E-state index contributed by atoms with van der Waals surface area (Å²) in [6.07, 6.45) is 3.36. The van der Waals surface area contributed by atoms with E-state index in [0.29, 0.717) is 6.42 Å². The second-order valence-corrected chi connectivity index (χ2v) is 5.94. The van der Waals surface area contributed by atoms with Crippen LogP contribution in [0.2, 0.25) is 0 Å². The number of carbonyl (C=O) groups excluding carboxylic acids is 1. The normalized spacial score (nSPS) is 16.5. The molecule has 1 saturated heterocycles. The fourth-order valence-electron chi connectivity index (χ4n) is 2.85. The monoisotopic (exact) mass is 319 g/mol. The largest absolute Gasteiger partial charge is 0.497 e. The van der Waals surface area contributed by atoms with Gasteiger partial charge in [-0.05, 0) is 35.8 Å². The number of methoxy groups -OCH3 is 1. The van der Waals surface area contributed by atoms with Crippen molar-refractivity contribution in [1.82, 2.24) is 5.32 Å². The molecule has 1 atom stereocenters. The van der Waals surface area contributed by atoms with E-state index in [0.717, 1.165) is 29.8 Å². The van der Waals surface area contributed by atoms with Crippen LogP contribution < -0.4 is 10.1 Å². The van der Waals surface area contributed by atoms with E-state index < -0.39 is 0 Å². The highest BCUT2D eigenvalue weighted by Crippen LogP contribution is 2.18. The molecule has 3 heteroatoms. The lowest BCUT2D eigenvalue weighted by Gasteiger charge is -2.07. The van der Waals surface area contributed by atoms with Crippen LogP contribution in [0.15, 0.2) is 65.9 Å². The molecule has 1 aliphatic rings. The fraction of sp³-hybridized carbons (Fsp3) is 0.238. The first kappa shape index (κ1) is 16.3. The molecule has 1 heterocycles. The number of hydrogen-bond donors (Lipinski definition) is 1. The van der Waals surface area contributed by atoms with Gasteiger partial charge in [0.05, 0.1) is 7.11 Å². The average Bonchev–Trinajstić information content (AvgIpc) is 3.08. The topological polar surface area (TPSA) is 38.3 Å². The molecule has 1 N–H and O–H groups in total. The zero-order valence-electron chi connectivity index (χ0n) is 13.8. The smallest absolute Gasteiger partial charge is 0.164 e. The second-order valence-electron chi connectivity index (χ2n) is 5.94. The Morgan fingerprint density at radius 1 is 1.25 bits per heavy atom. The minimum Gasteiger partial charge on any atom is -0.497 e. The van der Waals surface area contributed by atoms with E-state index in [1.807, 2.05) is 60.7 Å². The summed E-state index contributed by atoms with van der Waals surface area (Å²) in [5.74, 6) is 1.03. The van der Waals surface area contributed by atoms with Gasteiger partial charge in [0.25, 0.3) is 0 Å². The molecule has 0 amide bonds. The van der Waals surface area contributed by atoms with Crippen molar-refractivity contribution < 1.29 is 9.53 Å². The molecule has 0 bridgehead atoms. The molecular formula is C21H21NO2. The molecule has 1 fully saturated rings. The molecule has 0 spiro atoms. The van der Waals surface area contributed by atoms with Crippen LogP contribution in [0.3, 0.4) is 0 Å². The van der Waals surface area contributed by atoms with E-state index in [1.165, 1.54) is 5.57 Å². The van der Waals surface area contributed by atoms with Gasteiger partial charge in [-0.1, -0.05) is 42.5 Å². The summed E-state index contributed by atoms with van der Waals surface area (Å²) in [6, 6.07) is 17.6. The Hall–Kier alpha value is -2.61. The van der Waals surface area contributed by atoms with Gasteiger partial charge >= 0.3 is 0 Å². The summed E-state index contributed by atoms with van der Waals surface area (Å²) in [5, 5.41) is 3.40. The number of carbonyl (C=O) groups is 1. The van der Waals surface area contributed by atoms with Gasteiger partial charge < -0.3 is 10.1 Å². The number of Topliss-reactive ketones (excluding diaryl/α,β-unsaturated/α-hetero) is 1. The summed E-state index contributed by atoms with van der Waals surface area (Å²) >= 11 is 0. The number of hydrogen-bond acceptors (Lipinski definition) is 3. The number of ketones is 1. The third-order valence-electron chi connectivity index (χ3n) is 4.16. The molecule has 2 aromatic carbocycles. The van der Waals surface area contributed by atoms with Gasteiger partial charge in [-0.15, -0.1) is 5.73 Å². The van der Waals surface area contributed by atoms with E-state index in [9.17, 15) is 4.79 Å². The number of nitrogens with one attached hydrogen (secondary N) is 1. The zero-order chi connectivity index (χ0) is 16.8. The van der Waals surface area contributed by atoms with Gasteiger partial charge in [0.15, 0.2) is 5.78 Å². The summed E-state index contributed by atoms with van der Waals surface area (Å²) < 4.78 is 5.23. The van der Waals surface area contributed by atoms with Crippen LogP contribution in [0.4, 0.5) is 0 Å². The predicted octanol–water partition coefficient (Wildman–Crippen LogP) is 3.87. The summed E-state index contributed by atoms with van der Waals surface area (Å²) in [7, 11) is 1.66. The van der Waals surface area contributed by atoms with Crippen LogP contribution >= 0.6 is 0 Å². The molecule has 1 aliphatic heterocycles. The van der Waals surface area contributed by atoms with Gasteiger partial charge in [0.1, 0.15) is 5.75 Å². The Bertz CT molecular complexity index is 773. The fourth-order valence-corrected chi connectivity index (χ4v) is 2.85. The summed E-state index contributed by atoms with van der Waals surface area (Å²) in [4.78, 5) is 12.3. The third kappa shape index (κ3) is 4.23. The Morgan fingerprint density at radius 3 is 2.88 bits per heavy atom. The second kappa shape index (κ2) is 7.78. The van der Waals surface area contributed by atoms with Crippen LogP contribution in [0.25, 0.3) is 6.08 Å². The van der Waals surface area contributed by atoms with Crippen molar-refractivity contribution in [1.29, 1.82) is 0 Å². The van der Waals surface area contributed by atoms with E-state index >= 15 is 0 Å². The quantitative estimate of drug-likeness (QED) is 0.671. The molecular weight excluding hydrogens is 298 g/mol. The minimum atomic E-state index is 0.186. The van der Waals surface area contributed by atoms with Crippen LogP contribution in [0.5, 0.6) is 5.75 Å². The lowest BCUT2D eigenvalue weighted by molar-refractivity contribution is 0.0972. The van der Waals surface area contributed by atoms with E-state index in [1.54, 1.807) is 7.11 Å². The lowest BCUT2D eigenvalue weighted by atomic mass is 10.0. The van der Waals surface area contributed by atoms with Gasteiger partial charge in [-0.2, -0.15) is 0 Å². The Kier molecular flexibility index (Phi) is 5.27. The molecule has 2 aromatic rings. The van der Waals surface area contributed by atoms with Crippen molar-refractivity contribution in [2.75, 3.05) is 13.7 Å². The average molecular weight is 319 g/mol. The third-order valence-corrected chi connectivity index (χ3v) is 4.16. The van der Waals surface area contributed by atoms with E-state index in [2.05, 4.69) is 11.0 Å². The lowest BCUT2D eigenvalue weighted by Crippen LogP contribution is -2.24. The van der Waals surface area contributed by atoms with Crippen molar-refractivity contribution in [2.45, 2.75) is 18.9 Å². The molecule has 0 saturated carbocycles. The highest BCUT2D eigenvalue weighted by Gasteiger charge is 2.21. The van der Waals surface area contributed by atoms with Crippen LogP contribution in [0, 0.1) is 0 Å². The summed E-state index contributed by atoms with van der Waals surface area (Å²) in [6.45, 7) is 0.785. The Morgan fingerprint density at radius 2 is 2.08 bits per heavy atom. The number of benzene rings is 2. The number of rotatable bonds is 5. The van der Waals surface area contributed by atoms with Crippen molar-refractivity contribution in [3.63, 3.8) is 0 Å². The summed E-state index contributed by atoms with van der Waals surface area (Å²) in [5.41, 5.74) is 6.39. The Balaban J connectivity index is 1.62. The first-order valence-electron chi connectivity index (χ1n) is 8.15. The predicted molar refractivity (Wildman–Crippen MR) is 96.3 cm³/mol. The van der Waals surface area contributed by atoms with Crippen LogP contribution in [-0.2, 0) is 0 Å².